The van der Waals surface area contributed by atoms with E-state index in [4.69, 9.17) is 0 Å². The predicted molar refractivity (Wildman–Crippen MR) is 63.5 cm³/mol. The Balaban J connectivity index is 1.94. The highest BCUT2D eigenvalue weighted by Crippen LogP contribution is 2.18. The van der Waals surface area contributed by atoms with Crippen molar-refractivity contribution in [1.82, 2.24) is 10.3 Å². The monoisotopic (exact) mass is 219 g/mol. The van der Waals surface area contributed by atoms with Crippen LogP contribution in [0.3, 0.4) is 0 Å². The molecule has 2 rings (SSSR count). The summed E-state index contributed by atoms with van der Waals surface area (Å²) in [7, 11) is 0. The van der Waals surface area contributed by atoms with Crippen LogP contribution in [0.5, 0.6) is 0 Å². The molecule has 0 unspecified atom stereocenters. The fraction of sp³-hybridized carbons (Fsp3) is 0.500. The second kappa shape index (κ2) is 4.96. The summed E-state index contributed by atoms with van der Waals surface area (Å²) in [5, 5.41) is 6.10. The van der Waals surface area contributed by atoms with Gasteiger partial charge in [-0.2, -0.15) is 0 Å². The van der Waals surface area contributed by atoms with Crippen LogP contribution < -0.4 is 10.6 Å². The van der Waals surface area contributed by atoms with Crippen LogP contribution in [0.15, 0.2) is 18.3 Å². The second-order valence-corrected chi connectivity index (χ2v) is 4.06. The Morgan fingerprint density at radius 3 is 2.81 bits per heavy atom. The standard InChI is InChI=1S/C12H17N3O/c1-2-13-10-6-7-11(14-8-10)12(16)15-9-4-3-5-9/h6-9,13H,2-5H2,1H3,(H,15,16). The fourth-order valence-corrected chi connectivity index (χ4v) is 1.65. The maximum absolute atomic E-state index is 11.7. The quantitative estimate of drug-likeness (QED) is 0.811. The summed E-state index contributed by atoms with van der Waals surface area (Å²) in [6.07, 6.45) is 5.11. The van der Waals surface area contributed by atoms with Gasteiger partial charge < -0.3 is 10.6 Å². The first-order valence-corrected chi connectivity index (χ1v) is 5.80. The van der Waals surface area contributed by atoms with E-state index in [1.807, 2.05) is 13.0 Å². The topological polar surface area (TPSA) is 54.0 Å². The molecule has 0 spiro atoms. The maximum atomic E-state index is 11.7. The van der Waals surface area contributed by atoms with Crippen LogP contribution in [0.2, 0.25) is 0 Å². The van der Waals surface area contributed by atoms with Crippen LogP contribution in [-0.2, 0) is 0 Å². The Morgan fingerprint density at radius 1 is 1.50 bits per heavy atom. The minimum Gasteiger partial charge on any atom is -0.384 e. The highest BCUT2D eigenvalue weighted by Gasteiger charge is 2.20. The number of aromatic nitrogens is 1. The van der Waals surface area contributed by atoms with Gasteiger partial charge in [-0.3, -0.25) is 4.79 Å². The van der Waals surface area contributed by atoms with Crippen molar-refractivity contribution in [1.29, 1.82) is 0 Å². The van der Waals surface area contributed by atoms with Gasteiger partial charge in [0.25, 0.3) is 5.91 Å². The van der Waals surface area contributed by atoms with Crippen molar-refractivity contribution in [2.24, 2.45) is 0 Å². The van der Waals surface area contributed by atoms with Gasteiger partial charge in [0.1, 0.15) is 5.69 Å². The van der Waals surface area contributed by atoms with Crippen molar-refractivity contribution in [3.8, 4) is 0 Å². The third-order valence-electron chi connectivity index (χ3n) is 2.82. The number of carbonyl (C=O) groups is 1. The van der Waals surface area contributed by atoms with E-state index in [0.29, 0.717) is 11.7 Å². The lowest BCUT2D eigenvalue weighted by atomic mass is 9.93. The molecule has 1 fully saturated rings. The zero-order valence-corrected chi connectivity index (χ0v) is 9.49. The zero-order valence-electron chi connectivity index (χ0n) is 9.49. The van der Waals surface area contributed by atoms with Crippen LogP contribution in [-0.4, -0.2) is 23.5 Å². The SMILES string of the molecule is CCNc1ccc(C(=O)NC2CCC2)nc1. The van der Waals surface area contributed by atoms with Crippen LogP contribution in [0.1, 0.15) is 36.7 Å². The van der Waals surface area contributed by atoms with E-state index in [-0.39, 0.29) is 5.91 Å². The van der Waals surface area contributed by atoms with Gasteiger partial charge in [-0.25, -0.2) is 4.98 Å². The predicted octanol–water partition coefficient (Wildman–Crippen LogP) is 1.80. The average Bonchev–Trinajstić information content (AvgIpc) is 2.25. The lowest BCUT2D eigenvalue weighted by Crippen LogP contribution is -2.39. The molecular weight excluding hydrogens is 202 g/mol. The molecule has 1 aliphatic carbocycles. The molecule has 1 saturated carbocycles. The summed E-state index contributed by atoms with van der Waals surface area (Å²) in [4.78, 5) is 15.9. The zero-order chi connectivity index (χ0) is 11.4. The summed E-state index contributed by atoms with van der Waals surface area (Å²) >= 11 is 0. The molecule has 1 aliphatic rings. The van der Waals surface area contributed by atoms with E-state index < -0.39 is 0 Å². The summed E-state index contributed by atoms with van der Waals surface area (Å²) in [6.45, 7) is 2.88. The number of carbonyl (C=O) groups excluding carboxylic acids is 1. The highest BCUT2D eigenvalue weighted by molar-refractivity contribution is 5.92. The number of hydrogen-bond donors (Lipinski definition) is 2. The van der Waals surface area contributed by atoms with Crippen LogP contribution in [0.4, 0.5) is 5.69 Å². The largest absolute Gasteiger partial charge is 0.384 e. The molecule has 1 aromatic heterocycles. The highest BCUT2D eigenvalue weighted by atomic mass is 16.1. The number of nitrogens with one attached hydrogen (secondary N) is 2. The third kappa shape index (κ3) is 2.51. The van der Waals surface area contributed by atoms with Crippen molar-refractivity contribution in [3.63, 3.8) is 0 Å². The van der Waals surface area contributed by atoms with Crippen LogP contribution in [0.25, 0.3) is 0 Å². The van der Waals surface area contributed by atoms with Gasteiger partial charge in [-0.1, -0.05) is 0 Å². The van der Waals surface area contributed by atoms with Crippen molar-refractivity contribution >= 4 is 11.6 Å². The van der Waals surface area contributed by atoms with Crippen molar-refractivity contribution in [3.05, 3.63) is 24.0 Å². The maximum Gasteiger partial charge on any atom is 0.270 e. The summed E-state index contributed by atoms with van der Waals surface area (Å²) in [5.74, 6) is -0.0623. The molecule has 0 bridgehead atoms. The molecule has 1 amide bonds. The molecule has 0 radical (unpaired) electrons. The first-order valence-electron chi connectivity index (χ1n) is 5.80. The van der Waals surface area contributed by atoms with Crippen LogP contribution >= 0.6 is 0 Å². The van der Waals surface area contributed by atoms with Crippen LogP contribution in [0, 0.1) is 0 Å². The van der Waals surface area contributed by atoms with Crippen molar-refractivity contribution < 1.29 is 4.79 Å². The van der Waals surface area contributed by atoms with E-state index >= 15 is 0 Å². The summed E-state index contributed by atoms with van der Waals surface area (Å²) in [6, 6.07) is 4.00. The number of rotatable bonds is 4. The summed E-state index contributed by atoms with van der Waals surface area (Å²) in [5.41, 5.74) is 1.44. The molecule has 0 atom stereocenters. The number of pyridine rings is 1. The molecule has 1 heterocycles. The van der Waals surface area contributed by atoms with Gasteiger partial charge in [-0.05, 0) is 38.3 Å². The van der Waals surface area contributed by atoms with Crippen molar-refractivity contribution in [2.45, 2.75) is 32.2 Å². The Hall–Kier alpha value is -1.58. The molecule has 4 heteroatoms. The molecule has 1 aromatic rings. The van der Waals surface area contributed by atoms with Gasteiger partial charge in [0, 0.05) is 12.6 Å². The van der Waals surface area contributed by atoms with Gasteiger partial charge in [0.2, 0.25) is 0 Å². The first kappa shape index (κ1) is 10.9. The van der Waals surface area contributed by atoms with Gasteiger partial charge in [0.15, 0.2) is 0 Å². The molecule has 0 aromatic carbocycles. The summed E-state index contributed by atoms with van der Waals surface area (Å²) < 4.78 is 0. The number of anilines is 1. The number of nitrogens with zero attached hydrogens (tertiary/aromatic N) is 1. The molecule has 2 N–H and O–H groups in total. The molecule has 4 nitrogen and oxygen atoms in total. The van der Waals surface area contributed by atoms with E-state index in [1.54, 1.807) is 12.3 Å². The Morgan fingerprint density at radius 2 is 2.31 bits per heavy atom. The average molecular weight is 219 g/mol. The van der Waals surface area contributed by atoms with E-state index in [2.05, 4.69) is 15.6 Å². The molecule has 0 saturated heterocycles. The van der Waals surface area contributed by atoms with Gasteiger partial charge in [0.05, 0.1) is 11.9 Å². The minimum atomic E-state index is -0.0623. The second-order valence-electron chi connectivity index (χ2n) is 4.06. The third-order valence-corrected chi connectivity index (χ3v) is 2.82. The Labute approximate surface area is 95.5 Å². The van der Waals surface area contributed by atoms with Gasteiger partial charge >= 0.3 is 0 Å². The molecular formula is C12H17N3O. The molecule has 16 heavy (non-hydrogen) atoms. The van der Waals surface area contributed by atoms with Gasteiger partial charge in [-0.15, -0.1) is 0 Å². The minimum absolute atomic E-state index is 0.0623. The molecule has 0 aliphatic heterocycles. The smallest absolute Gasteiger partial charge is 0.270 e. The number of hydrogen-bond acceptors (Lipinski definition) is 3. The fourth-order valence-electron chi connectivity index (χ4n) is 1.65. The lowest BCUT2D eigenvalue weighted by Gasteiger charge is -2.26. The molecule has 86 valence electrons. The van der Waals surface area contributed by atoms with E-state index in [1.165, 1.54) is 6.42 Å². The number of amides is 1. The lowest BCUT2D eigenvalue weighted by molar-refractivity contribution is 0.0912. The first-order chi connectivity index (χ1) is 7.79. The Kier molecular flexibility index (Phi) is 3.39. The van der Waals surface area contributed by atoms with E-state index in [9.17, 15) is 4.79 Å². The Bertz CT molecular complexity index is 357. The van der Waals surface area contributed by atoms with Crippen molar-refractivity contribution in [2.75, 3.05) is 11.9 Å². The van der Waals surface area contributed by atoms with E-state index in [0.717, 1.165) is 25.1 Å². The normalized spacial score (nSPS) is 15.3.